The number of urea groups is 1. The smallest absolute Gasteiger partial charge is 0.372 e. The van der Waals surface area contributed by atoms with E-state index in [9.17, 15) is 35.9 Å². The summed E-state index contributed by atoms with van der Waals surface area (Å²) in [5, 5.41) is 8.08. The molecule has 6 nitrogen and oxygen atoms in total. The molecule has 2 saturated heterocycles. The van der Waals surface area contributed by atoms with Gasteiger partial charge in [0.1, 0.15) is 5.54 Å². The van der Waals surface area contributed by atoms with E-state index in [-0.39, 0.29) is 31.2 Å². The molecule has 4 rings (SSSR count). The van der Waals surface area contributed by atoms with Gasteiger partial charge in [-0.2, -0.15) is 26.3 Å². The Hall–Kier alpha value is -3.12. The second-order valence-corrected chi connectivity index (χ2v) is 9.08. The van der Waals surface area contributed by atoms with E-state index in [2.05, 4.69) is 16.0 Å². The van der Waals surface area contributed by atoms with Crippen molar-refractivity contribution in [3.05, 3.63) is 70.8 Å². The summed E-state index contributed by atoms with van der Waals surface area (Å²) in [5.41, 5.74) is -4.39. The third-order valence-electron chi connectivity index (χ3n) is 6.71. The summed E-state index contributed by atoms with van der Waals surface area (Å²) in [6, 6.07) is 9.72. The normalized spacial score (nSPS) is 25.5. The number of piperidine rings is 1. The van der Waals surface area contributed by atoms with Gasteiger partial charge in [0.2, 0.25) is 0 Å². The maximum atomic E-state index is 13.3. The van der Waals surface area contributed by atoms with E-state index in [1.165, 1.54) is 6.92 Å². The van der Waals surface area contributed by atoms with Crippen molar-refractivity contribution in [2.24, 2.45) is 0 Å². The molecule has 3 atom stereocenters. The highest BCUT2D eigenvalue weighted by Gasteiger charge is 2.52. The van der Waals surface area contributed by atoms with Crippen molar-refractivity contribution in [1.29, 1.82) is 0 Å². The van der Waals surface area contributed by atoms with Gasteiger partial charge in [-0.25, -0.2) is 4.79 Å². The Bertz CT molecular complexity index is 1110. The van der Waals surface area contributed by atoms with Crippen LogP contribution in [0.3, 0.4) is 0 Å². The zero-order valence-electron chi connectivity index (χ0n) is 19.0. The Balaban J connectivity index is 1.59. The molecular weight excluding hydrogens is 492 g/mol. The van der Waals surface area contributed by atoms with Crippen LogP contribution in [0.2, 0.25) is 0 Å². The van der Waals surface area contributed by atoms with Crippen LogP contribution in [-0.4, -0.2) is 30.6 Å². The summed E-state index contributed by atoms with van der Waals surface area (Å²) >= 11 is 0. The Morgan fingerprint density at radius 2 is 1.56 bits per heavy atom. The average Bonchev–Trinajstić information content (AvgIpc) is 3.10. The van der Waals surface area contributed by atoms with Gasteiger partial charge < -0.3 is 15.4 Å². The molecule has 0 aliphatic carbocycles. The maximum absolute atomic E-state index is 13.3. The van der Waals surface area contributed by atoms with Crippen molar-refractivity contribution in [3.63, 3.8) is 0 Å². The molecular formula is C24H23F6N3O3. The lowest BCUT2D eigenvalue weighted by atomic mass is 9.76. The molecule has 0 radical (unpaired) electrons. The van der Waals surface area contributed by atoms with Gasteiger partial charge in [0.25, 0.3) is 5.91 Å². The van der Waals surface area contributed by atoms with Crippen molar-refractivity contribution >= 4 is 11.9 Å². The van der Waals surface area contributed by atoms with Crippen LogP contribution < -0.4 is 16.0 Å². The molecule has 3 unspecified atom stereocenters. The minimum Gasteiger partial charge on any atom is -0.372 e. The average molecular weight is 515 g/mol. The predicted octanol–water partition coefficient (Wildman–Crippen LogP) is 4.66. The van der Waals surface area contributed by atoms with Crippen LogP contribution in [0.5, 0.6) is 0 Å². The van der Waals surface area contributed by atoms with Crippen molar-refractivity contribution in [1.82, 2.24) is 16.0 Å². The summed E-state index contributed by atoms with van der Waals surface area (Å²) in [6.07, 6.45) is -10.5. The molecule has 0 aromatic heterocycles. The van der Waals surface area contributed by atoms with E-state index < -0.39 is 52.6 Å². The molecule has 2 fully saturated rings. The first-order valence-corrected chi connectivity index (χ1v) is 11.1. The van der Waals surface area contributed by atoms with Crippen LogP contribution in [0.15, 0.2) is 48.5 Å². The molecule has 3 N–H and O–H groups in total. The minimum absolute atomic E-state index is 0.0546. The Morgan fingerprint density at radius 3 is 2.03 bits per heavy atom. The molecule has 0 bridgehead atoms. The maximum Gasteiger partial charge on any atom is 0.416 e. The number of halogens is 6. The fourth-order valence-electron chi connectivity index (χ4n) is 4.54. The lowest BCUT2D eigenvalue weighted by molar-refractivity contribution is -0.143. The van der Waals surface area contributed by atoms with Crippen LogP contribution >= 0.6 is 0 Å². The lowest BCUT2D eigenvalue weighted by Crippen LogP contribution is -2.64. The summed E-state index contributed by atoms with van der Waals surface area (Å²) in [4.78, 5) is 24.0. The second-order valence-electron chi connectivity index (χ2n) is 9.08. The molecule has 2 heterocycles. The molecule has 12 heteroatoms. The zero-order chi connectivity index (χ0) is 26.4. The Labute approximate surface area is 202 Å². The largest absolute Gasteiger partial charge is 0.416 e. The number of hydrogen-bond donors (Lipinski definition) is 3. The highest BCUT2D eigenvalue weighted by atomic mass is 19.4. The van der Waals surface area contributed by atoms with Crippen LogP contribution in [0, 0.1) is 0 Å². The number of rotatable bonds is 5. The molecule has 0 saturated carbocycles. The molecule has 2 aromatic rings. The monoisotopic (exact) mass is 515 g/mol. The number of carbonyl (C=O) groups is 2. The summed E-state index contributed by atoms with van der Waals surface area (Å²) in [5.74, 6) is -0.473. The van der Waals surface area contributed by atoms with Gasteiger partial charge in [0.05, 0.1) is 29.4 Å². The minimum atomic E-state index is -4.97. The van der Waals surface area contributed by atoms with Crippen LogP contribution in [0.4, 0.5) is 31.1 Å². The molecule has 1 spiro atoms. The third kappa shape index (κ3) is 5.05. The number of imide groups is 1. The Kier molecular flexibility index (Phi) is 6.54. The SMILES string of the molecule is CC(OCC1(c2ccccc2)CCC2(CN1)NC(=O)NC2=O)c1cc(C(F)(F)F)cc(C(F)(F)F)c1. The number of benzene rings is 2. The van der Waals surface area contributed by atoms with Crippen molar-refractivity contribution < 1.29 is 40.7 Å². The fourth-order valence-corrected chi connectivity index (χ4v) is 4.54. The van der Waals surface area contributed by atoms with Gasteiger partial charge in [-0.1, -0.05) is 30.3 Å². The molecule has 36 heavy (non-hydrogen) atoms. The van der Waals surface area contributed by atoms with Gasteiger partial charge in [-0.05, 0) is 49.1 Å². The fraction of sp³-hybridized carbons (Fsp3) is 0.417. The summed E-state index contributed by atoms with van der Waals surface area (Å²) < 4.78 is 85.6. The van der Waals surface area contributed by atoms with Gasteiger partial charge in [0, 0.05) is 6.54 Å². The lowest BCUT2D eigenvalue weighted by Gasteiger charge is -2.45. The topological polar surface area (TPSA) is 79.5 Å². The number of alkyl halides is 6. The van der Waals surface area contributed by atoms with Crippen molar-refractivity contribution in [2.45, 2.75) is 49.3 Å². The van der Waals surface area contributed by atoms with Crippen molar-refractivity contribution in [2.75, 3.05) is 13.2 Å². The first-order chi connectivity index (χ1) is 16.7. The Morgan fingerprint density at radius 1 is 0.944 bits per heavy atom. The van der Waals surface area contributed by atoms with Gasteiger partial charge in [-0.15, -0.1) is 0 Å². The molecule has 2 aromatic carbocycles. The van der Waals surface area contributed by atoms with E-state index in [0.29, 0.717) is 18.6 Å². The molecule has 2 aliphatic rings. The van der Waals surface area contributed by atoms with Gasteiger partial charge in [-0.3, -0.25) is 10.1 Å². The number of carbonyl (C=O) groups excluding carboxylic acids is 2. The predicted molar refractivity (Wildman–Crippen MR) is 116 cm³/mol. The van der Waals surface area contributed by atoms with Crippen LogP contribution in [0.1, 0.15) is 48.1 Å². The molecule has 194 valence electrons. The van der Waals surface area contributed by atoms with E-state index in [1.807, 2.05) is 0 Å². The number of hydrogen-bond acceptors (Lipinski definition) is 4. The highest BCUT2D eigenvalue weighted by Crippen LogP contribution is 2.40. The highest BCUT2D eigenvalue weighted by molar-refractivity contribution is 6.07. The third-order valence-corrected chi connectivity index (χ3v) is 6.71. The van der Waals surface area contributed by atoms with Crippen LogP contribution in [-0.2, 0) is 27.4 Å². The van der Waals surface area contributed by atoms with Crippen LogP contribution in [0.25, 0.3) is 0 Å². The number of amides is 3. The van der Waals surface area contributed by atoms with E-state index >= 15 is 0 Å². The van der Waals surface area contributed by atoms with E-state index in [4.69, 9.17) is 4.74 Å². The standard InChI is InChI=1S/C24H23F6N3O3/c1-14(15-9-17(23(25,26)27)11-18(10-15)24(28,29)30)36-13-22(16-5-3-2-4-6-16)8-7-21(12-31-22)19(34)32-20(35)33-21/h2-6,9-11,14,31H,7-8,12-13H2,1H3,(H2,32,33,34,35). The van der Waals surface area contributed by atoms with Gasteiger partial charge >= 0.3 is 18.4 Å². The summed E-state index contributed by atoms with van der Waals surface area (Å²) in [7, 11) is 0. The number of nitrogens with one attached hydrogen (secondary N) is 3. The van der Waals surface area contributed by atoms with Gasteiger partial charge in [0.15, 0.2) is 0 Å². The first kappa shape index (κ1) is 26.0. The second kappa shape index (κ2) is 9.07. The number of ether oxygens (including phenoxy) is 1. The first-order valence-electron chi connectivity index (χ1n) is 11.1. The van der Waals surface area contributed by atoms with E-state index in [1.54, 1.807) is 30.3 Å². The molecule has 2 aliphatic heterocycles. The molecule has 3 amide bonds. The zero-order valence-corrected chi connectivity index (χ0v) is 19.0. The van der Waals surface area contributed by atoms with Crippen molar-refractivity contribution in [3.8, 4) is 0 Å². The quantitative estimate of drug-likeness (QED) is 0.400. The van der Waals surface area contributed by atoms with E-state index in [0.717, 1.165) is 5.56 Å². The summed E-state index contributed by atoms with van der Waals surface area (Å²) in [6.45, 7) is 1.32.